The van der Waals surface area contributed by atoms with Gasteiger partial charge in [0, 0.05) is 13.1 Å². The Morgan fingerprint density at radius 1 is 1.29 bits per heavy atom. The van der Waals surface area contributed by atoms with Crippen LogP contribution in [0.2, 0.25) is 0 Å². The van der Waals surface area contributed by atoms with Crippen LogP contribution >= 0.6 is 0 Å². The van der Waals surface area contributed by atoms with Crippen LogP contribution in [0.15, 0.2) is 35.9 Å². The predicted octanol–water partition coefficient (Wildman–Crippen LogP) is 1.27. The Labute approximate surface area is 84.5 Å². The fourth-order valence-corrected chi connectivity index (χ4v) is 1.66. The summed E-state index contributed by atoms with van der Waals surface area (Å²) in [6.07, 6.45) is 10.0. The first-order chi connectivity index (χ1) is 6.97. The Balaban J connectivity index is 2.05. The minimum Gasteiger partial charge on any atom is -0.471 e. The van der Waals surface area contributed by atoms with E-state index in [0.717, 1.165) is 31.8 Å². The van der Waals surface area contributed by atoms with Crippen LogP contribution in [0.25, 0.3) is 0 Å². The topological polar surface area (TPSA) is 33.3 Å². The molecule has 0 radical (unpaired) electrons. The van der Waals surface area contributed by atoms with E-state index in [0.29, 0.717) is 0 Å². The lowest BCUT2D eigenvalue weighted by Crippen LogP contribution is -2.14. The second kappa shape index (κ2) is 4.86. The maximum absolute atomic E-state index is 5.23. The molecule has 0 spiro atoms. The van der Waals surface area contributed by atoms with Gasteiger partial charge in [-0.15, -0.1) is 0 Å². The van der Waals surface area contributed by atoms with Gasteiger partial charge in [-0.1, -0.05) is 6.08 Å². The molecule has 0 atom stereocenters. The molecule has 0 fully saturated rings. The zero-order valence-corrected chi connectivity index (χ0v) is 8.25. The molecule has 0 aliphatic carbocycles. The highest BCUT2D eigenvalue weighted by molar-refractivity contribution is 5.30. The summed E-state index contributed by atoms with van der Waals surface area (Å²) in [5, 5.41) is 6.68. The van der Waals surface area contributed by atoms with Crippen molar-refractivity contribution in [3.05, 3.63) is 35.9 Å². The molecule has 0 bridgehead atoms. The standard InChI is InChI=1S/C11H16N2O/c1-3-10(4-7-12-5-1)11-9-14-8-2-6-13-11/h2,4,8-9,12-13H,1,3,5-7H2. The van der Waals surface area contributed by atoms with E-state index in [9.17, 15) is 0 Å². The highest BCUT2D eigenvalue weighted by atomic mass is 16.5. The van der Waals surface area contributed by atoms with Crippen molar-refractivity contribution in [3.63, 3.8) is 0 Å². The maximum atomic E-state index is 5.23. The second-order valence-corrected chi connectivity index (χ2v) is 3.46. The fraction of sp³-hybridized carbons (Fsp3) is 0.455. The lowest BCUT2D eigenvalue weighted by Gasteiger charge is -2.09. The van der Waals surface area contributed by atoms with Crippen LogP contribution in [0.4, 0.5) is 0 Å². The van der Waals surface area contributed by atoms with Gasteiger partial charge in [0.15, 0.2) is 0 Å². The first-order valence-electron chi connectivity index (χ1n) is 5.11. The van der Waals surface area contributed by atoms with Crippen LogP contribution in [-0.2, 0) is 4.74 Å². The molecule has 3 heteroatoms. The highest BCUT2D eigenvalue weighted by Gasteiger charge is 2.08. The Morgan fingerprint density at radius 2 is 2.29 bits per heavy atom. The maximum Gasteiger partial charge on any atom is 0.113 e. The van der Waals surface area contributed by atoms with Gasteiger partial charge in [-0.05, 0) is 31.0 Å². The number of rotatable bonds is 1. The molecule has 2 aliphatic rings. The smallest absolute Gasteiger partial charge is 0.113 e. The first-order valence-corrected chi connectivity index (χ1v) is 5.11. The van der Waals surface area contributed by atoms with E-state index in [1.54, 1.807) is 12.5 Å². The molecule has 0 aromatic carbocycles. The second-order valence-electron chi connectivity index (χ2n) is 3.46. The average Bonchev–Trinajstić information content (AvgIpc) is 2.62. The molecule has 2 heterocycles. The van der Waals surface area contributed by atoms with Crippen molar-refractivity contribution in [1.82, 2.24) is 10.6 Å². The number of nitrogens with one attached hydrogen (secondary N) is 2. The van der Waals surface area contributed by atoms with Gasteiger partial charge in [-0.3, -0.25) is 0 Å². The van der Waals surface area contributed by atoms with E-state index >= 15 is 0 Å². The van der Waals surface area contributed by atoms with Crippen molar-refractivity contribution >= 4 is 0 Å². The molecule has 3 nitrogen and oxygen atoms in total. The van der Waals surface area contributed by atoms with Gasteiger partial charge >= 0.3 is 0 Å². The number of hydrogen-bond acceptors (Lipinski definition) is 3. The van der Waals surface area contributed by atoms with Crippen LogP contribution in [0, 0.1) is 0 Å². The van der Waals surface area contributed by atoms with Gasteiger partial charge in [-0.2, -0.15) is 0 Å². The molecular weight excluding hydrogens is 176 g/mol. The van der Waals surface area contributed by atoms with Gasteiger partial charge in [-0.25, -0.2) is 0 Å². The van der Waals surface area contributed by atoms with E-state index in [1.807, 2.05) is 6.08 Å². The quantitative estimate of drug-likeness (QED) is 0.656. The number of hydrogen-bond donors (Lipinski definition) is 2. The summed E-state index contributed by atoms with van der Waals surface area (Å²) in [5.41, 5.74) is 2.48. The summed E-state index contributed by atoms with van der Waals surface area (Å²) in [6, 6.07) is 0. The van der Waals surface area contributed by atoms with Gasteiger partial charge in [0.1, 0.15) is 6.26 Å². The summed E-state index contributed by atoms with van der Waals surface area (Å²) >= 11 is 0. The van der Waals surface area contributed by atoms with E-state index in [-0.39, 0.29) is 0 Å². The molecule has 0 saturated carbocycles. The monoisotopic (exact) mass is 192 g/mol. The minimum atomic E-state index is 0.844. The van der Waals surface area contributed by atoms with Crippen LogP contribution in [-0.4, -0.2) is 19.6 Å². The SMILES string of the molecule is C1=COC=C(C2=CCNCCC2)NC1. The normalized spacial score (nSPS) is 22.3. The van der Waals surface area contributed by atoms with Gasteiger partial charge in [0.05, 0.1) is 12.0 Å². The molecule has 0 aromatic rings. The fourth-order valence-electron chi connectivity index (χ4n) is 1.66. The molecule has 2 rings (SSSR count). The van der Waals surface area contributed by atoms with Gasteiger partial charge in [0.2, 0.25) is 0 Å². The summed E-state index contributed by atoms with van der Waals surface area (Å²) in [6.45, 7) is 2.91. The zero-order valence-electron chi connectivity index (χ0n) is 8.25. The van der Waals surface area contributed by atoms with Crippen LogP contribution in [0.3, 0.4) is 0 Å². The van der Waals surface area contributed by atoms with Crippen molar-refractivity contribution in [2.75, 3.05) is 19.6 Å². The number of allylic oxidation sites excluding steroid dienone is 1. The molecule has 0 saturated heterocycles. The lowest BCUT2D eigenvalue weighted by atomic mass is 10.1. The van der Waals surface area contributed by atoms with Crippen molar-refractivity contribution in [1.29, 1.82) is 0 Å². The largest absolute Gasteiger partial charge is 0.471 e. The Hall–Kier alpha value is -1.22. The third kappa shape index (κ3) is 2.39. The highest BCUT2D eigenvalue weighted by Crippen LogP contribution is 2.16. The minimum absolute atomic E-state index is 0.844. The summed E-state index contributed by atoms with van der Waals surface area (Å²) < 4.78 is 5.23. The average molecular weight is 192 g/mol. The molecule has 0 unspecified atom stereocenters. The van der Waals surface area contributed by atoms with Crippen molar-refractivity contribution in [2.45, 2.75) is 12.8 Å². The molecule has 2 N–H and O–H groups in total. The summed E-state index contributed by atoms with van der Waals surface area (Å²) in [4.78, 5) is 0. The zero-order chi connectivity index (χ0) is 9.64. The van der Waals surface area contributed by atoms with E-state index in [1.165, 1.54) is 12.0 Å². The Morgan fingerprint density at radius 3 is 3.29 bits per heavy atom. The lowest BCUT2D eigenvalue weighted by molar-refractivity contribution is 0.399. The van der Waals surface area contributed by atoms with E-state index < -0.39 is 0 Å². The van der Waals surface area contributed by atoms with Gasteiger partial charge < -0.3 is 15.4 Å². The summed E-state index contributed by atoms with van der Waals surface area (Å²) in [5.74, 6) is 0. The first kappa shape index (κ1) is 9.34. The third-order valence-electron chi connectivity index (χ3n) is 2.41. The van der Waals surface area contributed by atoms with E-state index in [4.69, 9.17) is 4.74 Å². The Bertz CT molecular complexity index is 279. The molecular formula is C11H16N2O. The third-order valence-corrected chi connectivity index (χ3v) is 2.41. The molecule has 76 valence electrons. The van der Waals surface area contributed by atoms with Crippen LogP contribution in [0.5, 0.6) is 0 Å². The number of ether oxygens (including phenoxy) is 1. The van der Waals surface area contributed by atoms with Crippen molar-refractivity contribution < 1.29 is 4.74 Å². The Kier molecular flexibility index (Phi) is 3.24. The van der Waals surface area contributed by atoms with Crippen LogP contribution in [0.1, 0.15) is 12.8 Å². The van der Waals surface area contributed by atoms with Crippen molar-refractivity contribution in [2.24, 2.45) is 0 Å². The molecule has 2 aliphatic heterocycles. The summed E-state index contributed by atoms with van der Waals surface area (Å²) in [7, 11) is 0. The molecule has 14 heavy (non-hydrogen) atoms. The van der Waals surface area contributed by atoms with Gasteiger partial charge in [0.25, 0.3) is 0 Å². The van der Waals surface area contributed by atoms with E-state index in [2.05, 4.69) is 16.7 Å². The van der Waals surface area contributed by atoms with Crippen molar-refractivity contribution in [3.8, 4) is 0 Å². The predicted molar refractivity (Wildman–Crippen MR) is 56.5 cm³/mol. The molecule has 0 amide bonds. The molecule has 0 aromatic heterocycles. The van der Waals surface area contributed by atoms with Crippen LogP contribution < -0.4 is 10.6 Å².